The summed E-state index contributed by atoms with van der Waals surface area (Å²) in [5, 5.41) is 1.22. The third kappa shape index (κ3) is 0.637. The monoisotopic (exact) mass is 104 g/mol. The van der Waals surface area contributed by atoms with Crippen molar-refractivity contribution in [1.82, 2.24) is 0 Å². The van der Waals surface area contributed by atoms with Crippen molar-refractivity contribution in [2.24, 2.45) is 0 Å². The Morgan fingerprint density at radius 2 is 2.00 bits per heavy atom. The Hall–Kier alpha value is 0.440. The smallest absolute Gasteiger partial charge is 0.0496 e. The Balaban J connectivity index is 2.32. The minimum atomic E-state index is 1.22. The van der Waals surface area contributed by atoms with Crippen molar-refractivity contribution in [1.29, 1.82) is 0 Å². The fraction of sp³-hybridized carbons (Fsp3) is 0.333. The molecule has 1 aliphatic rings. The van der Waals surface area contributed by atoms with Gasteiger partial charge in [0.05, 0.1) is 0 Å². The van der Waals surface area contributed by atoms with E-state index in [9.17, 15) is 0 Å². The van der Waals surface area contributed by atoms with Gasteiger partial charge in [-0.2, -0.15) is 0 Å². The first-order valence-electron chi connectivity index (χ1n) is 1.34. The van der Waals surface area contributed by atoms with Gasteiger partial charge in [0.25, 0.3) is 0 Å². The summed E-state index contributed by atoms with van der Waals surface area (Å²) in [5.41, 5.74) is 0. The molecule has 0 spiro atoms. The number of hydrogen-bond donors (Lipinski definition) is 0. The molecule has 0 aliphatic carbocycles. The van der Waals surface area contributed by atoms with Gasteiger partial charge in [-0.3, -0.25) is 0 Å². The van der Waals surface area contributed by atoms with Gasteiger partial charge in [-0.25, -0.2) is 0 Å². The van der Waals surface area contributed by atoms with Crippen molar-refractivity contribution in [3.63, 3.8) is 0 Å². The van der Waals surface area contributed by atoms with Crippen LogP contribution in [0.5, 0.6) is 0 Å². The molecule has 1 saturated heterocycles. The van der Waals surface area contributed by atoms with E-state index in [1.165, 1.54) is 9.32 Å². The van der Waals surface area contributed by atoms with Gasteiger partial charge >= 0.3 is 0 Å². The molecule has 0 nitrogen and oxygen atoms in total. The summed E-state index contributed by atoms with van der Waals surface area (Å²) < 4.78 is 1.27. The zero-order chi connectivity index (χ0) is 3.70. The maximum atomic E-state index is 3.69. The third-order valence-electron chi connectivity index (χ3n) is 0.440. The van der Waals surface area contributed by atoms with Gasteiger partial charge in [-0.1, -0.05) is 6.58 Å². The number of hydrogen-bond acceptors (Lipinski definition) is 2. The molecule has 1 heterocycles. The van der Waals surface area contributed by atoms with Crippen molar-refractivity contribution in [2.45, 2.75) is 0 Å². The molecule has 0 radical (unpaired) electrons. The van der Waals surface area contributed by atoms with Crippen molar-refractivity contribution >= 4 is 23.5 Å². The molecule has 0 aromatic rings. The summed E-state index contributed by atoms with van der Waals surface area (Å²) >= 11 is 3.66. The zero-order valence-corrected chi connectivity index (χ0v) is 4.36. The highest BCUT2D eigenvalue weighted by molar-refractivity contribution is 8.37. The van der Waals surface area contributed by atoms with E-state index in [0.29, 0.717) is 0 Å². The SMILES string of the molecule is C=C1SCS1. The van der Waals surface area contributed by atoms with Crippen LogP contribution in [0.25, 0.3) is 0 Å². The second-order valence-electron chi connectivity index (χ2n) is 0.779. The lowest BCUT2D eigenvalue weighted by Crippen LogP contribution is -1.79. The Morgan fingerprint density at radius 3 is 2.00 bits per heavy atom. The molecule has 0 aromatic heterocycles. The van der Waals surface area contributed by atoms with Crippen LogP contribution in [0.1, 0.15) is 0 Å². The minimum Gasteiger partial charge on any atom is -0.108 e. The van der Waals surface area contributed by atoms with Crippen LogP contribution in [0.3, 0.4) is 0 Å². The van der Waals surface area contributed by atoms with Gasteiger partial charge in [-0.05, 0) is 0 Å². The standard InChI is InChI=1S/C3H4S2/c1-3-4-2-5-3/h1-2H2. The van der Waals surface area contributed by atoms with Crippen LogP contribution in [0.4, 0.5) is 0 Å². The molecule has 0 amide bonds. The Kier molecular flexibility index (Phi) is 0.918. The Morgan fingerprint density at radius 1 is 1.60 bits per heavy atom. The molecule has 0 bridgehead atoms. The molecule has 1 rings (SSSR count). The summed E-state index contributed by atoms with van der Waals surface area (Å²) in [6, 6.07) is 0. The highest BCUT2D eigenvalue weighted by atomic mass is 32.3. The van der Waals surface area contributed by atoms with E-state index in [1.807, 2.05) is 23.5 Å². The molecule has 2 heteroatoms. The average molecular weight is 104 g/mol. The van der Waals surface area contributed by atoms with Crippen molar-refractivity contribution in [3.05, 3.63) is 10.8 Å². The summed E-state index contributed by atoms with van der Waals surface area (Å²) in [6.07, 6.45) is 0. The van der Waals surface area contributed by atoms with Crippen LogP contribution < -0.4 is 0 Å². The maximum Gasteiger partial charge on any atom is 0.0496 e. The van der Waals surface area contributed by atoms with Crippen molar-refractivity contribution in [2.75, 3.05) is 5.08 Å². The largest absolute Gasteiger partial charge is 0.108 e. The van der Waals surface area contributed by atoms with E-state index < -0.39 is 0 Å². The molecule has 1 aliphatic heterocycles. The van der Waals surface area contributed by atoms with E-state index in [0.717, 1.165) is 0 Å². The van der Waals surface area contributed by atoms with E-state index in [4.69, 9.17) is 0 Å². The lowest BCUT2D eigenvalue weighted by Gasteiger charge is -2.10. The van der Waals surface area contributed by atoms with Crippen molar-refractivity contribution in [3.8, 4) is 0 Å². The number of rotatable bonds is 0. The summed E-state index contributed by atoms with van der Waals surface area (Å²) in [6.45, 7) is 3.69. The topological polar surface area (TPSA) is 0 Å². The van der Waals surface area contributed by atoms with E-state index in [2.05, 4.69) is 6.58 Å². The van der Waals surface area contributed by atoms with Gasteiger partial charge in [0.1, 0.15) is 0 Å². The predicted octanol–water partition coefficient (Wildman–Crippen LogP) is 1.90. The first-order chi connectivity index (χ1) is 2.39. The maximum absolute atomic E-state index is 3.69. The minimum absolute atomic E-state index is 1.22. The van der Waals surface area contributed by atoms with E-state index in [-0.39, 0.29) is 0 Å². The van der Waals surface area contributed by atoms with Crippen LogP contribution in [-0.4, -0.2) is 5.08 Å². The third-order valence-corrected chi connectivity index (χ3v) is 2.73. The molecule has 0 N–H and O–H groups in total. The predicted molar refractivity (Wildman–Crippen MR) is 29.2 cm³/mol. The quantitative estimate of drug-likeness (QED) is 0.460. The van der Waals surface area contributed by atoms with Gasteiger partial charge in [-0.15, -0.1) is 23.5 Å². The molecular formula is C3H4S2. The summed E-state index contributed by atoms with van der Waals surface area (Å²) in [5.74, 6) is 0. The van der Waals surface area contributed by atoms with Crippen LogP contribution in [0.2, 0.25) is 0 Å². The molecule has 28 valence electrons. The molecule has 0 unspecified atom stereocenters. The highest BCUT2D eigenvalue weighted by Crippen LogP contribution is 2.40. The highest BCUT2D eigenvalue weighted by Gasteiger charge is 2.04. The second-order valence-corrected chi connectivity index (χ2v) is 3.54. The van der Waals surface area contributed by atoms with Crippen molar-refractivity contribution < 1.29 is 0 Å². The first kappa shape index (κ1) is 3.62. The average Bonchev–Trinajstić information content (AvgIpc) is 1.30. The number of thioether (sulfide) groups is 2. The molecule has 1 fully saturated rings. The van der Waals surface area contributed by atoms with Gasteiger partial charge in [0.2, 0.25) is 0 Å². The summed E-state index contributed by atoms with van der Waals surface area (Å²) in [7, 11) is 0. The fourth-order valence-electron chi connectivity index (χ4n) is 0.142. The fourth-order valence-corrected chi connectivity index (χ4v) is 1.28. The van der Waals surface area contributed by atoms with Crippen LogP contribution >= 0.6 is 23.5 Å². The normalized spacial score (nSPS) is 22.0. The van der Waals surface area contributed by atoms with Gasteiger partial charge in [0.15, 0.2) is 0 Å². The lowest BCUT2D eigenvalue weighted by atomic mass is 11.2. The molecular weight excluding hydrogens is 100 g/mol. The molecule has 0 saturated carbocycles. The summed E-state index contributed by atoms with van der Waals surface area (Å²) in [4.78, 5) is 0. The zero-order valence-electron chi connectivity index (χ0n) is 2.73. The van der Waals surface area contributed by atoms with E-state index in [1.54, 1.807) is 0 Å². The van der Waals surface area contributed by atoms with Gasteiger partial charge < -0.3 is 0 Å². The molecule has 5 heavy (non-hydrogen) atoms. The van der Waals surface area contributed by atoms with Crippen LogP contribution in [0.15, 0.2) is 10.8 Å². The van der Waals surface area contributed by atoms with E-state index >= 15 is 0 Å². The Bertz CT molecular complexity index is 51.9. The lowest BCUT2D eigenvalue weighted by molar-refractivity contribution is 2.16. The second kappa shape index (κ2) is 1.27. The molecule has 0 atom stereocenters. The Labute approximate surface area is 40.0 Å². The molecule has 0 aromatic carbocycles. The van der Waals surface area contributed by atoms with Crippen LogP contribution in [0, 0.1) is 0 Å². The first-order valence-corrected chi connectivity index (χ1v) is 3.31. The van der Waals surface area contributed by atoms with Crippen LogP contribution in [-0.2, 0) is 0 Å². The van der Waals surface area contributed by atoms with Gasteiger partial charge in [0, 0.05) is 9.32 Å².